The molecule has 3 heteroatoms. The number of unbranched alkanes of at least 4 members (excludes halogenated alkanes) is 2. The van der Waals surface area contributed by atoms with E-state index in [1.54, 1.807) is 19.1 Å². The van der Waals surface area contributed by atoms with Crippen LogP contribution in [0.4, 0.5) is 8.78 Å². The summed E-state index contributed by atoms with van der Waals surface area (Å²) in [6.07, 6.45) is 16.7. The van der Waals surface area contributed by atoms with Crippen molar-refractivity contribution in [3.63, 3.8) is 0 Å². The van der Waals surface area contributed by atoms with E-state index in [1.807, 2.05) is 0 Å². The second-order valence-corrected chi connectivity index (χ2v) is 9.46. The van der Waals surface area contributed by atoms with Gasteiger partial charge in [0.25, 0.3) is 0 Å². The summed E-state index contributed by atoms with van der Waals surface area (Å²) in [5.41, 5.74) is 0.561. The van der Waals surface area contributed by atoms with Crippen LogP contribution in [0.3, 0.4) is 0 Å². The molecule has 2 unspecified atom stereocenters. The molecule has 0 aliphatic heterocycles. The Balaban J connectivity index is 1.53. The van der Waals surface area contributed by atoms with Gasteiger partial charge < -0.3 is 4.74 Å². The Hall–Kier alpha value is -1.12. The lowest BCUT2D eigenvalue weighted by Crippen LogP contribution is -2.21. The van der Waals surface area contributed by atoms with Gasteiger partial charge in [0.1, 0.15) is 0 Å². The molecule has 0 bridgehead atoms. The molecular formula is C26H40F2O. The summed E-state index contributed by atoms with van der Waals surface area (Å²) in [6, 6.07) is 3.37. The van der Waals surface area contributed by atoms with Gasteiger partial charge in [0, 0.05) is 0 Å². The van der Waals surface area contributed by atoms with Crippen molar-refractivity contribution in [2.75, 3.05) is 6.61 Å². The van der Waals surface area contributed by atoms with E-state index in [2.05, 4.69) is 6.92 Å². The van der Waals surface area contributed by atoms with Crippen LogP contribution in [0.1, 0.15) is 109 Å². The van der Waals surface area contributed by atoms with Gasteiger partial charge in [0.2, 0.25) is 5.82 Å². The van der Waals surface area contributed by atoms with E-state index in [-0.39, 0.29) is 11.7 Å². The fraction of sp³-hybridized carbons (Fsp3) is 0.769. The third-order valence-electron chi connectivity index (χ3n) is 7.60. The summed E-state index contributed by atoms with van der Waals surface area (Å²) in [4.78, 5) is 0. The monoisotopic (exact) mass is 406 g/mol. The van der Waals surface area contributed by atoms with Crippen molar-refractivity contribution in [1.29, 1.82) is 0 Å². The Bertz CT molecular complexity index is 621. The lowest BCUT2D eigenvalue weighted by molar-refractivity contribution is 0.182. The molecule has 0 heterocycles. The lowest BCUT2D eigenvalue weighted by atomic mass is 9.72. The van der Waals surface area contributed by atoms with Crippen LogP contribution in [0.2, 0.25) is 0 Å². The molecule has 164 valence electrons. The van der Waals surface area contributed by atoms with Crippen LogP contribution in [0, 0.1) is 29.4 Å². The van der Waals surface area contributed by atoms with Crippen molar-refractivity contribution < 1.29 is 13.5 Å². The third-order valence-corrected chi connectivity index (χ3v) is 7.60. The molecule has 0 aromatic heterocycles. The Morgan fingerprint density at radius 1 is 0.828 bits per heavy atom. The van der Waals surface area contributed by atoms with Crippen LogP contribution in [0.5, 0.6) is 5.75 Å². The fourth-order valence-corrected chi connectivity index (χ4v) is 5.87. The van der Waals surface area contributed by atoms with Crippen molar-refractivity contribution in [2.24, 2.45) is 17.8 Å². The Morgan fingerprint density at radius 2 is 1.55 bits per heavy atom. The van der Waals surface area contributed by atoms with Gasteiger partial charge in [-0.05, 0) is 74.3 Å². The smallest absolute Gasteiger partial charge is 0.200 e. The zero-order chi connectivity index (χ0) is 20.6. The molecular weight excluding hydrogens is 366 g/mol. The second kappa shape index (κ2) is 11.3. The highest BCUT2D eigenvalue weighted by Crippen LogP contribution is 2.44. The summed E-state index contributed by atoms with van der Waals surface area (Å²) in [7, 11) is 0. The van der Waals surface area contributed by atoms with E-state index in [4.69, 9.17) is 4.74 Å². The molecule has 0 spiro atoms. The van der Waals surface area contributed by atoms with Gasteiger partial charge >= 0.3 is 0 Å². The van der Waals surface area contributed by atoms with Gasteiger partial charge in [0.15, 0.2) is 11.6 Å². The molecule has 2 atom stereocenters. The number of hydrogen-bond acceptors (Lipinski definition) is 1. The van der Waals surface area contributed by atoms with Crippen LogP contribution in [-0.2, 0) is 0 Å². The van der Waals surface area contributed by atoms with Crippen molar-refractivity contribution in [1.82, 2.24) is 0 Å². The van der Waals surface area contributed by atoms with Gasteiger partial charge in [-0.3, -0.25) is 0 Å². The second-order valence-electron chi connectivity index (χ2n) is 9.46. The summed E-state index contributed by atoms with van der Waals surface area (Å²) in [5, 5.41) is 0. The van der Waals surface area contributed by atoms with Gasteiger partial charge in [0.05, 0.1) is 6.61 Å². The van der Waals surface area contributed by atoms with Crippen molar-refractivity contribution in [2.45, 2.75) is 103 Å². The van der Waals surface area contributed by atoms with E-state index < -0.39 is 11.6 Å². The highest BCUT2D eigenvalue weighted by atomic mass is 19.2. The fourth-order valence-electron chi connectivity index (χ4n) is 5.87. The Morgan fingerprint density at radius 3 is 2.28 bits per heavy atom. The topological polar surface area (TPSA) is 9.23 Å². The average Bonchev–Trinajstić information content (AvgIpc) is 2.99. The molecule has 0 saturated heterocycles. The highest BCUT2D eigenvalue weighted by molar-refractivity contribution is 5.33. The number of halogens is 2. The number of ether oxygens (including phenoxy) is 1. The molecule has 1 aromatic carbocycles. The van der Waals surface area contributed by atoms with E-state index >= 15 is 0 Å². The first-order chi connectivity index (χ1) is 14.1. The van der Waals surface area contributed by atoms with Crippen LogP contribution in [0.25, 0.3) is 0 Å². The number of benzene rings is 1. The average molecular weight is 407 g/mol. The van der Waals surface area contributed by atoms with Crippen LogP contribution < -0.4 is 4.74 Å². The Labute approximate surface area is 176 Å². The normalized spacial score (nSPS) is 28.1. The van der Waals surface area contributed by atoms with Gasteiger partial charge in [-0.15, -0.1) is 0 Å². The van der Waals surface area contributed by atoms with Crippen LogP contribution in [-0.4, -0.2) is 6.61 Å². The largest absolute Gasteiger partial charge is 0.491 e. The van der Waals surface area contributed by atoms with Gasteiger partial charge in [-0.25, -0.2) is 4.39 Å². The molecule has 2 aliphatic rings. The predicted octanol–water partition coefficient (Wildman–Crippen LogP) is 8.41. The maximum absolute atomic E-state index is 14.7. The molecule has 0 radical (unpaired) electrons. The molecule has 3 rings (SSSR count). The zero-order valence-corrected chi connectivity index (χ0v) is 18.5. The molecule has 1 nitrogen and oxygen atoms in total. The maximum atomic E-state index is 14.7. The van der Waals surface area contributed by atoms with E-state index in [1.165, 1.54) is 64.2 Å². The van der Waals surface area contributed by atoms with E-state index in [0.29, 0.717) is 12.2 Å². The highest BCUT2D eigenvalue weighted by Gasteiger charge is 2.31. The molecule has 2 fully saturated rings. The first kappa shape index (κ1) is 22.6. The molecule has 29 heavy (non-hydrogen) atoms. The number of rotatable bonds is 8. The quantitative estimate of drug-likeness (QED) is 0.311. The van der Waals surface area contributed by atoms with Crippen molar-refractivity contribution in [3.8, 4) is 5.75 Å². The summed E-state index contributed by atoms with van der Waals surface area (Å²) in [5.74, 6) is 1.28. The third kappa shape index (κ3) is 5.95. The lowest BCUT2D eigenvalue weighted by Gasteiger charge is -2.33. The van der Waals surface area contributed by atoms with E-state index in [0.717, 1.165) is 37.0 Å². The maximum Gasteiger partial charge on any atom is 0.200 e. The van der Waals surface area contributed by atoms with Crippen LogP contribution in [0.15, 0.2) is 12.1 Å². The zero-order valence-electron chi connectivity index (χ0n) is 18.5. The van der Waals surface area contributed by atoms with Gasteiger partial charge in [-0.1, -0.05) is 64.4 Å². The standard InChI is InChI=1S/C26H40F2O/c1-3-5-6-8-19-11-13-21(14-12-19)20-9-7-10-22(16-15-20)23-17-18-24(29-4-2)26(28)25(23)27/h17-22H,3-16H2,1-2H3. The van der Waals surface area contributed by atoms with Gasteiger partial charge in [-0.2, -0.15) is 4.39 Å². The minimum absolute atomic E-state index is 0.0379. The van der Waals surface area contributed by atoms with Crippen LogP contribution >= 0.6 is 0 Å². The van der Waals surface area contributed by atoms with Crippen molar-refractivity contribution >= 4 is 0 Å². The first-order valence-electron chi connectivity index (χ1n) is 12.2. The number of hydrogen-bond donors (Lipinski definition) is 0. The summed E-state index contributed by atoms with van der Waals surface area (Å²) >= 11 is 0. The molecule has 2 saturated carbocycles. The molecule has 1 aromatic rings. The minimum Gasteiger partial charge on any atom is -0.491 e. The minimum atomic E-state index is -0.813. The molecule has 0 amide bonds. The Kier molecular flexibility index (Phi) is 8.81. The summed E-state index contributed by atoms with van der Waals surface area (Å²) < 4.78 is 34.2. The van der Waals surface area contributed by atoms with Crippen molar-refractivity contribution in [3.05, 3.63) is 29.3 Å². The first-order valence-corrected chi connectivity index (χ1v) is 12.2. The molecule has 0 N–H and O–H groups in total. The SMILES string of the molecule is CCCCCC1CCC(C2CCCC(c3ccc(OCC)c(F)c3F)CC2)CC1. The predicted molar refractivity (Wildman–Crippen MR) is 116 cm³/mol. The van der Waals surface area contributed by atoms with E-state index in [9.17, 15) is 8.78 Å². The summed E-state index contributed by atoms with van der Waals surface area (Å²) in [6.45, 7) is 4.42. The molecule has 2 aliphatic carbocycles.